The van der Waals surface area contributed by atoms with Crippen molar-refractivity contribution in [3.05, 3.63) is 17.0 Å². The molecule has 0 bridgehead atoms. The average Bonchev–Trinajstić information content (AvgIpc) is 2.34. The first-order chi connectivity index (χ1) is 8.29. The van der Waals surface area contributed by atoms with Crippen LogP contribution in [0.15, 0.2) is 6.33 Å². The number of carbonyl (C=O) groups is 1. The fraction of sp³-hybridized carbons (Fsp3) is 0.500. The maximum Gasteiger partial charge on any atom is 0.156 e. The van der Waals surface area contributed by atoms with E-state index in [-0.39, 0.29) is 10.7 Å². The quantitative estimate of drug-likeness (QED) is 0.427. The second-order valence-corrected chi connectivity index (χ2v) is 3.43. The number of hydrogen-bond acceptors (Lipinski definition) is 6. The van der Waals surface area contributed by atoms with E-state index >= 15 is 0 Å². The Morgan fingerprint density at radius 2 is 2.24 bits per heavy atom. The summed E-state index contributed by atoms with van der Waals surface area (Å²) >= 11 is 5.74. The van der Waals surface area contributed by atoms with Gasteiger partial charge in [-0.15, -0.1) is 0 Å². The first kappa shape index (κ1) is 13.8. The lowest BCUT2D eigenvalue weighted by molar-refractivity contribution is 0.0759. The zero-order valence-corrected chi connectivity index (χ0v) is 10.2. The second kappa shape index (κ2) is 7.94. The number of hydrogen-bond donors (Lipinski definition) is 1. The Balaban J connectivity index is 2.36. The number of methoxy groups -OCH3 is 1. The first-order valence-corrected chi connectivity index (χ1v) is 5.43. The van der Waals surface area contributed by atoms with E-state index in [1.165, 1.54) is 6.33 Å². The molecule has 94 valence electrons. The molecule has 1 rings (SSSR count). The summed E-state index contributed by atoms with van der Waals surface area (Å²) in [6.45, 7) is 2.10. The van der Waals surface area contributed by atoms with Crippen molar-refractivity contribution in [2.75, 3.05) is 38.8 Å². The van der Waals surface area contributed by atoms with Crippen LogP contribution in [0, 0.1) is 0 Å². The monoisotopic (exact) mass is 259 g/mol. The van der Waals surface area contributed by atoms with Crippen molar-refractivity contribution < 1.29 is 14.3 Å². The molecule has 0 amide bonds. The highest BCUT2D eigenvalue weighted by Crippen LogP contribution is 2.16. The first-order valence-electron chi connectivity index (χ1n) is 5.05. The molecule has 0 radical (unpaired) electrons. The fourth-order valence-electron chi connectivity index (χ4n) is 1.11. The molecule has 0 fully saturated rings. The van der Waals surface area contributed by atoms with Crippen LogP contribution in [0.2, 0.25) is 5.15 Å². The molecule has 7 heteroatoms. The summed E-state index contributed by atoms with van der Waals surface area (Å²) in [6.07, 6.45) is 1.92. The van der Waals surface area contributed by atoms with E-state index < -0.39 is 0 Å². The van der Waals surface area contributed by atoms with Crippen molar-refractivity contribution in [2.45, 2.75) is 0 Å². The lowest BCUT2D eigenvalue weighted by atomic mass is 10.3. The maximum absolute atomic E-state index is 10.8. The molecule has 0 aliphatic carbocycles. The number of halogens is 1. The predicted octanol–water partition coefficient (Wildman–Crippen LogP) is 1.02. The van der Waals surface area contributed by atoms with Crippen LogP contribution >= 0.6 is 11.6 Å². The van der Waals surface area contributed by atoms with Gasteiger partial charge in [0.25, 0.3) is 0 Å². The smallest absolute Gasteiger partial charge is 0.156 e. The molecule has 17 heavy (non-hydrogen) atoms. The standard InChI is InChI=1S/C10H14ClN3O3/c1-16-4-5-17-3-2-12-10-8(6-15)9(11)13-7-14-10/h6-7H,2-5H2,1H3,(H,12,13,14). The number of aromatic nitrogens is 2. The number of aldehydes is 1. The van der Waals surface area contributed by atoms with Crippen LogP contribution in [0.1, 0.15) is 10.4 Å². The van der Waals surface area contributed by atoms with E-state index in [1.807, 2.05) is 0 Å². The molecule has 0 aliphatic heterocycles. The average molecular weight is 260 g/mol. The number of nitrogens with zero attached hydrogens (tertiary/aromatic N) is 2. The van der Waals surface area contributed by atoms with Crippen LogP contribution in [-0.2, 0) is 9.47 Å². The molecule has 0 aliphatic rings. The summed E-state index contributed by atoms with van der Waals surface area (Å²) in [5, 5.41) is 3.09. The van der Waals surface area contributed by atoms with E-state index in [1.54, 1.807) is 7.11 Å². The van der Waals surface area contributed by atoms with Crippen molar-refractivity contribution in [3.8, 4) is 0 Å². The molecular weight excluding hydrogens is 246 g/mol. The van der Waals surface area contributed by atoms with Crippen molar-refractivity contribution >= 4 is 23.7 Å². The number of carbonyl (C=O) groups excluding carboxylic acids is 1. The molecule has 6 nitrogen and oxygen atoms in total. The number of anilines is 1. The van der Waals surface area contributed by atoms with Gasteiger partial charge in [0.05, 0.1) is 25.4 Å². The second-order valence-electron chi connectivity index (χ2n) is 3.08. The van der Waals surface area contributed by atoms with E-state index in [0.717, 1.165) is 0 Å². The van der Waals surface area contributed by atoms with E-state index in [4.69, 9.17) is 21.1 Å². The molecule has 0 saturated heterocycles. The highest BCUT2D eigenvalue weighted by atomic mass is 35.5. The largest absolute Gasteiger partial charge is 0.382 e. The molecule has 0 atom stereocenters. The highest BCUT2D eigenvalue weighted by Gasteiger charge is 2.07. The van der Waals surface area contributed by atoms with Gasteiger partial charge in [-0.05, 0) is 0 Å². The SMILES string of the molecule is COCCOCCNc1ncnc(Cl)c1C=O. The number of ether oxygens (including phenoxy) is 2. The number of nitrogens with one attached hydrogen (secondary N) is 1. The van der Waals surface area contributed by atoms with E-state index in [0.29, 0.717) is 38.5 Å². The molecule has 0 aromatic carbocycles. The van der Waals surface area contributed by atoms with Crippen LogP contribution in [0.25, 0.3) is 0 Å². The van der Waals surface area contributed by atoms with Gasteiger partial charge in [0.15, 0.2) is 6.29 Å². The highest BCUT2D eigenvalue weighted by molar-refractivity contribution is 6.32. The van der Waals surface area contributed by atoms with Crippen molar-refractivity contribution in [1.82, 2.24) is 9.97 Å². The zero-order chi connectivity index (χ0) is 12.5. The molecule has 1 aromatic heterocycles. The van der Waals surface area contributed by atoms with Crippen LogP contribution in [0.4, 0.5) is 5.82 Å². The summed E-state index contributed by atoms with van der Waals surface area (Å²) < 4.78 is 10.1. The molecule has 0 spiro atoms. The minimum Gasteiger partial charge on any atom is -0.382 e. The minimum absolute atomic E-state index is 0.137. The van der Waals surface area contributed by atoms with Gasteiger partial charge in [-0.25, -0.2) is 9.97 Å². The Morgan fingerprint density at radius 3 is 2.94 bits per heavy atom. The molecule has 1 heterocycles. The topological polar surface area (TPSA) is 73.3 Å². The van der Waals surface area contributed by atoms with Gasteiger partial charge in [0.1, 0.15) is 17.3 Å². The Bertz CT molecular complexity index is 363. The van der Waals surface area contributed by atoms with Crippen molar-refractivity contribution in [2.24, 2.45) is 0 Å². The Morgan fingerprint density at radius 1 is 1.41 bits per heavy atom. The Labute approximate surface area is 104 Å². The van der Waals surface area contributed by atoms with Gasteiger partial charge in [-0.3, -0.25) is 4.79 Å². The zero-order valence-electron chi connectivity index (χ0n) is 9.48. The van der Waals surface area contributed by atoms with Crippen LogP contribution in [0.5, 0.6) is 0 Å². The van der Waals surface area contributed by atoms with Crippen LogP contribution in [0.3, 0.4) is 0 Å². The third-order valence-electron chi connectivity index (χ3n) is 1.92. The molecule has 0 saturated carbocycles. The Hall–Kier alpha value is -1.24. The third-order valence-corrected chi connectivity index (χ3v) is 2.22. The van der Waals surface area contributed by atoms with Gasteiger partial charge < -0.3 is 14.8 Å². The Kier molecular flexibility index (Phi) is 6.46. The van der Waals surface area contributed by atoms with Crippen molar-refractivity contribution in [3.63, 3.8) is 0 Å². The van der Waals surface area contributed by atoms with E-state index in [2.05, 4.69) is 15.3 Å². The lowest BCUT2D eigenvalue weighted by Crippen LogP contribution is -2.14. The number of rotatable bonds is 8. The molecule has 1 aromatic rings. The van der Waals surface area contributed by atoms with Gasteiger partial charge in [0.2, 0.25) is 0 Å². The summed E-state index contributed by atoms with van der Waals surface area (Å²) in [5.41, 5.74) is 0.256. The van der Waals surface area contributed by atoms with Gasteiger partial charge in [-0.2, -0.15) is 0 Å². The maximum atomic E-state index is 10.8. The van der Waals surface area contributed by atoms with Gasteiger partial charge in [0, 0.05) is 13.7 Å². The third kappa shape index (κ3) is 4.64. The summed E-state index contributed by atoms with van der Waals surface area (Å²) in [5.74, 6) is 0.412. The fourth-order valence-corrected chi connectivity index (χ4v) is 1.28. The van der Waals surface area contributed by atoms with Crippen molar-refractivity contribution in [1.29, 1.82) is 0 Å². The molecular formula is C10H14ClN3O3. The molecule has 1 N–H and O–H groups in total. The lowest BCUT2D eigenvalue weighted by Gasteiger charge is -2.08. The normalized spacial score (nSPS) is 10.2. The summed E-state index contributed by atoms with van der Waals surface area (Å²) in [7, 11) is 1.61. The van der Waals surface area contributed by atoms with Gasteiger partial charge in [-0.1, -0.05) is 11.6 Å². The van der Waals surface area contributed by atoms with Gasteiger partial charge >= 0.3 is 0 Å². The predicted molar refractivity (Wildman–Crippen MR) is 63.6 cm³/mol. The van der Waals surface area contributed by atoms with Crippen LogP contribution in [-0.4, -0.2) is 49.7 Å². The van der Waals surface area contributed by atoms with Crippen LogP contribution < -0.4 is 5.32 Å². The summed E-state index contributed by atoms with van der Waals surface area (Å²) in [6, 6.07) is 0. The molecule has 0 unspecified atom stereocenters. The minimum atomic E-state index is 0.137. The summed E-state index contributed by atoms with van der Waals surface area (Å²) in [4.78, 5) is 18.4. The van der Waals surface area contributed by atoms with E-state index in [9.17, 15) is 4.79 Å².